The second-order valence-corrected chi connectivity index (χ2v) is 7.41. The number of amides is 1. The lowest BCUT2D eigenvalue weighted by atomic mass is 10.1. The number of likely N-dealkylation sites (N-methyl/N-ethyl adjacent to an activating group) is 1. The van der Waals surface area contributed by atoms with E-state index in [2.05, 4.69) is 15.9 Å². The van der Waals surface area contributed by atoms with Gasteiger partial charge in [0.05, 0.1) is 12.6 Å². The summed E-state index contributed by atoms with van der Waals surface area (Å²) in [7, 11) is 1.80. The first-order chi connectivity index (χ1) is 12.9. The minimum Gasteiger partial charge on any atom is -0.369 e. The van der Waals surface area contributed by atoms with Gasteiger partial charge in [0.15, 0.2) is 0 Å². The third-order valence-electron chi connectivity index (χ3n) is 5.23. The Bertz CT molecular complexity index is 775. The Hall–Kier alpha value is -2.11. The summed E-state index contributed by atoms with van der Waals surface area (Å²) in [5, 5.41) is 0.738. The molecule has 144 valence electrons. The maximum Gasteiger partial charge on any atom is 0.236 e. The zero-order valence-corrected chi connectivity index (χ0v) is 16.5. The first-order valence-corrected chi connectivity index (χ1v) is 9.56. The van der Waals surface area contributed by atoms with Gasteiger partial charge in [-0.25, -0.2) is 4.39 Å². The van der Waals surface area contributed by atoms with Crippen LogP contribution in [0.1, 0.15) is 18.5 Å². The molecule has 0 aliphatic carbocycles. The molecule has 3 rings (SSSR count). The molecule has 1 unspecified atom stereocenters. The highest BCUT2D eigenvalue weighted by atomic mass is 35.5. The molecular formula is C21H25ClFN3O. The fourth-order valence-corrected chi connectivity index (χ4v) is 3.51. The van der Waals surface area contributed by atoms with Crippen LogP contribution in [0.4, 0.5) is 10.1 Å². The van der Waals surface area contributed by atoms with Crippen molar-refractivity contribution in [2.45, 2.75) is 13.0 Å². The van der Waals surface area contributed by atoms with E-state index in [1.807, 2.05) is 25.1 Å². The number of hydrogen-bond acceptors (Lipinski definition) is 3. The molecule has 1 heterocycles. The number of carbonyl (C=O) groups excluding carboxylic acids is 1. The Balaban J connectivity index is 1.52. The smallest absolute Gasteiger partial charge is 0.236 e. The van der Waals surface area contributed by atoms with Gasteiger partial charge in [-0.05, 0) is 42.8 Å². The Morgan fingerprint density at radius 1 is 1.15 bits per heavy atom. The summed E-state index contributed by atoms with van der Waals surface area (Å²) in [6.45, 7) is 5.75. The van der Waals surface area contributed by atoms with E-state index in [0.29, 0.717) is 6.54 Å². The first kappa shape index (κ1) is 19.6. The van der Waals surface area contributed by atoms with Crippen LogP contribution in [0.25, 0.3) is 0 Å². The Morgan fingerprint density at radius 3 is 2.44 bits per heavy atom. The summed E-state index contributed by atoms with van der Waals surface area (Å²) in [4.78, 5) is 18.9. The first-order valence-electron chi connectivity index (χ1n) is 9.18. The van der Waals surface area contributed by atoms with Crippen LogP contribution in [0, 0.1) is 5.82 Å². The highest BCUT2D eigenvalue weighted by molar-refractivity contribution is 6.30. The molecule has 1 atom stereocenters. The lowest BCUT2D eigenvalue weighted by Gasteiger charge is -2.37. The van der Waals surface area contributed by atoms with E-state index >= 15 is 0 Å². The average molecular weight is 390 g/mol. The second-order valence-electron chi connectivity index (χ2n) is 6.98. The summed E-state index contributed by atoms with van der Waals surface area (Å²) in [5.41, 5.74) is 2.05. The summed E-state index contributed by atoms with van der Waals surface area (Å²) < 4.78 is 13.1. The van der Waals surface area contributed by atoms with Crippen LogP contribution in [0.2, 0.25) is 5.02 Å². The molecule has 0 spiro atoms. The molecule has 4 nitrogen and oxygen atoms in total. The highest BCUT2D eigenvalue weighted by Crippen LogP contribution is 2.22. The molecule has 0 N–H and O–H groups in total. The van der Waals surface area contributed by atoms with E-state index in [9.17, 15) is 9.18 Å². The zero-order valence-electron chi connectivity index (χ0n) is 15.7. The summed E-state index contributed by atoms with van der Waals surface area (Å²) in [6, 6.07) is 14.1. The third-order valence-corrected chi connectivity index (χ3v) is 5.47. The van der Waals surface area contributed by atoms with Gasteiger partial charge in [-0.3, -0.25) is 9.69 Å². The number of piperazine rings is 1. The molecule has 1 saturated heterocycles. The zero-order chi connectivity index (χ0) is 19.4. The third kappa shape index (κ3) is 4.99. The lowest BCUT2D eigenvalue weighted by Crippen LogP contribution is -2.50. The quantitative estimate of drug-likeness (QED) is 0.777. The maximum absolute atomic E-state index is 13.1. The van der Waals surface area contributed by atoms with Crippen LogP contribution in [0.5, 0.6) is 0 Å². The van der Waals surface area contributed by atoms with Gasteiger partial charge in [0.1, 0.15) is 5.82 Å². The minimum atomic E-state index is -0.266. The van der Waals surface area contributed by atoms with Crippen molar-refractivity contribution in [1.82, 2.24) is 9.80 Å². The molecule has 2 aromatic rings. The number of carbonyl (C=O) groups is 1. The second kappa shape index (κ2) is 8.72. The van der Waals surface area contributed by atoms with E-state index in [1.54, 1.807) is 24.1 Å². The number of halogens is 2. The fourth-order valence-electron chi connectivity index (χ4n) is 3.32. The fraction of sp³-hybridized carbons (Fsp3) is 0.381. The summed E-state index contributed by atoms with van der Waals surface area (Å²) in [5.74, 6) is -0.194. The molecule has 1 aliphatic heterocycles. The van der Waals surface area contributed by atoms with Crippen LogP contribution < -0.4 is 4.90 Å². The normalized spacial score (nSPS) is 16.2. The maximum atomic E-state index is 13.1. The SMILES string of the molecule is CC(c1ccc(F)cc1)N(C)C(=O)CN1CCN(c2cccc(Cl)c2)CC1. The number of anilines is 1. The van der Waals surface area contributed by atoms with Crippen LogP contribution in [0.15, 0.2) is 48.5 Å². The van der Waals surface area contributed by atoms with Crippen molar-refractivity contribution in [3.8, 4) is 0 Å². The molecular weight excluding hydrogens is 365 g/mol. The number of benzene rings is 2. The van der Waals surface area contributed by atoms with Gasteiger partial charge >= 0.3 is 0 Å². The van der Waals surface area contributed by atoms with E-state index < -0.39 is 0 Å². The van der Waals surface area contributed by atoms with Crippen molar-refractivity contribution in [3.63, 3.8) is 0 Å². The van der Waals surface area contributed by atoms with Crippen molar-refractivity contribution in [3.05, 3.63) is 64.9 Å². The number of rotatable bonds is 5. The molecule has 1 fully saturated rings. The molecule has 0 bridgehead atoms. The van der Waals surface area contributed by atoms with Crippen LogP contribution in [0.3, 0.4) is 0 Å². The molecule has 0 aromatic heterocycles. The monoisotopic (exact) mass is 389 g/mol. The van der Waals surface area contributed by atoms with E-state index in [4.69, 9.17) is 11.6 Å². The highest BCUT2D eigenvalue weighted by Gasteiger charge is 2.23. The number of hydrogen-bond donors (Lipinski definition) is 0. The number of nitrogens with zero attached hydrogens (tertiary/aromatic N) is 3. The Kier molecular flexibility index (Phi) is 6.34. The van der Waals surface area contributed by atoms with Crippen molar-refractivity contribution in [2.24, 2.45) is 0 Å². The Morgan fingerprint density at radius 2 is 1.81 bits per heavy atom. The largest absolute Gasteiger partial charge is 0.369 e. The van der Waals surface area contributed by atoms with Gasteiger partial charge < -0.3 is 9.80 Å². The molecule has 0 radical (unpaired) electrons. The van der Waals surface area contributed by atoms with Gasteiger partial charge in [0, 0.05) is 43.9 Å². The standard InChI is InChI=1S/C21H25ClFN3O/c1-16(17-6-8-19(23)9-7-17)24(2)21(27)15-25-10-12-26(13-11-25)20-5-3-4-18(22)14-20/h3-9,14,16H,10-13,15H2,1-2H3. The topological polar surface area (TPSA) is 26.8 Å². The van der Waals surface area contributed by atoms with Gasteiger partial charge in [0.25, 0.3) is 0 Å². The average Bonchev–Trinajstić information content (AvgIpc) is 2.68. The van der Waals surface area contributed by atoms with Crippen molar-refractivity contribution >= 4 is 23.2 Å². The van der Waals surface area contributed by atoms with Crippen LogP contribution >= 0.6 is 11.6 Å². The Labute approximate surface area is 165 Å². The molecule has 0 saturated carbocycles. The molecule has 2 aromatic carbocycles. The van der Waals surface area contributed by atoms with E-state index in [0.717, 1.165) is 42.5 Å². The van der Waals surface area contributed by atoms with Gasteiger partial charge in [-0.15, -0.1) is 0 Å². The summed E-state index contributed by atoms with van der Waals surface area (Å²) >= 11 is 6.08. The van der Waals surface area contributed by atoms with Gasteiger partial charge in [-0.2, -0.15) is 0 Å². The van der Waals surface area contributed by atoms with Gasteiger partial charge in [-0.1, -0.05) is 29.8 Å². The van der Waals surface area contributed by atoms with Crippen molar-refractivity contribution in [1.29, 1.82) is 0 Å². The summed E-state index contributed by atoms with van der Waals surface area (Å²) in [6.07, 6.45) is 0. The van der Waals surface area contributed by atoms with Gasteiger partial charge in [0.2, 0.25) is 5.91 Å². The van der Waals surface area contributed by atoms with Crippen molar-refractivity contribution < 1.29 is 9.18 Å². The minimum absolute atomic E-state index is 0.0723. The predicted molar refractivity (Wildman–Crippen MR) is 108 cm³/mol. The van der Waals surface area contributed by atoms with Crippen LogP contribution in [-0.2, 0) is 4.79 Å². The molecule has 1 amide bonds. The molecule has 1 aliphatic rings. The van der Waals surface area contributed by atoms with Crippen LogP contribution in [-0.4, -0.2) is 55.5 Å². The van der Waals surface area contributed by atoms with E-state index in [1.165, 1.54) is 12.1 Å². The predicted octanol–water partition coefficient (Wildman–Crippen LogP) is 3.82. The molecule has 6 heteroatoms. The van der Waals surface area contributed by atoms with E-state index in [-0.39, 0.29) is 17.8 Å². The lowest BCUT2D eigenvalue weighted by molar-refractivity contribution is -0.133. The van der Waals surface area contributed by atoms with Crippen molar-refractivity contribution in [2.75, 3.05) is 44.7 Å². The molecule has 27 heavy (non-hydrogen) atoms.